The van der Waals surface area contributed by atoms with E-state index in [9.17, 15) is 26.3 Å². The quantitative estimate of drug-likeness (QED) is 0.492. The van der Waals surface area contributed by atoms with Crippen molar-refractivity contribution in [1.29, 1.82) is 0 Å². The van der Waals surface area contributed by atoms with Crippen molar-refractivity contribution in [2.75, 3.05) is 12.4 Å². The van der Waals surface area contributed by atoms with Gasteiger partial charge in [-0.05, 0) is 36.8 Å². The molecule has 0 saturated heterocycles. The normalized spacial score (nSPS) is 16.5. The number of alkyl halides is 5. The maximum atomic E-state index is 13.9. The van der Waals surface area contributed by atoms with Gasteiger partial charge in [0.25, 0.3) is 6.43 Å². The summed E-state index contributed by atoms with van der Waals surface area (Å²) in [5.74, 6) is -1.05. The smallest absolute Gasteiger partial charge is 0.355 e. The molecule has 0 fully saturated rings. The van der Waals surface area contributed by atoms with E-state index in [0.29, 0.717) is 29.4 Å². The summed E-state index contributed by atoms with van der Waals surface area (Å²) in [5.41, 5.74) is 2.59. The van der Waals surface area contributed by atoms with Gasteiger partial charge in [-0.3, -0.25) is 4.99 Å². The number of imidazole rings is 1. The predicted octanol–water partition coefficient (Wildman–Crippen LogP) is 5.18. The minimum absolute atomic E-state index is 0.0443. The number of halogens is 6. The van der Waals surface area contributed by atoms with Crippen LogP contribution in [0, 0.1) is 5.82 Å². The fourth-order valence-electron chi connectivity index (χ4n) is 4.54. The molecule has 0 bridgehead atoms. The Morgan fingerprint density at radius 2 is 1.97 bits per heavy atom. The monoisotopic (exact) mass is 483 g/mol. The zero-order valence-corrected chi connectivity index (χ0v) is 18.7. The molecule has 182 valence electrons. The average Bonchev–Trinajstić information content (AvgIpc) is 3.24. The van der Waals surface area contributed by atoms with E-state index in [0.717, 1.165) is 28.8 Å². The zero-order valence-electron chi connectivity index (χ0n) is 18.7. The Balaban J connectivity index is 1.88. The maximum absolute atomic E-state index is 13.9. The minimum atomic E-state index is -4.72. The molecule has 1 unspecified atom stereocenters. The summed E-state index contributed by atoms with van der Waals surface area (Å²) in [6.45, 7) is 5.60. The summed E-state index contributed by atoms with van der Waals surface area (Å²) in [5, 5.41) is 6.30. The highest BCUT2D eigenvalue weighted by Gasteiger charge is 2.32. The van der Waals surface area contributed by atoms with Gasteiger partial charge in [-0.25, -0.2) is 13.2 Å². The Morgan fingerprint density at radius 1 is 1.26 bits per heavy atom. The molecule has 1 aromatic heterocycles. The molecule has 34 heavy (non-hydrogen) atoms. The Labute approximate surface area is 191 Å². The highest BCUT2D eigenvalue weighted by Crippen LogP contribution is 2.39. The van der Waals surface area contributed by atoms with Crippen LogP contribution >= 0.6 is 0 Å². The van der Waals surface area contributed by atoms with Crippen molar-refractivity contribution in [1.82, 2.24) is 14.5 Å². The SMILES string of the molecule is C=C(Nc1cc2c(c3c1CNC3C)n(C)c(=NC)n2CC(F)F)c1cc(F)cc(C(F)(F)F)c1. The number of nitrogens with one attached hydrogen (secondary N) is 2. The van der Waals surface area contributed by atoms with Crippen molar-refractivity contribution in [3.63, 3.8) is 0 Å². The van der Waals surface area contributed by atoms with E-state index < -0.39 is 30.5 Å². The number of benzene rings is 2. The van der Waals surface area contributed by atoms with Crippen molar-refractivity contribution in [3.8, 4) is 0 Å². The van der Waals surface area contributed by atoms with E-state index in [2.05, 4.69) is 22.2 Å². The molecule has 2 heterocycles. The molecule has 2 aromatic carbocycles. The van der Waals surface area contributed by atoms with Crippen LogP contribution in [-0.4, -0.2) is 22.6 Å². The highest BCUT2D eigenvalue weighted by molar-refractivity contribution is 5.90. The first kappa shape index (κ1) is 23.9. The lowest BCUT2D eigenvalue weighted by molar-refractivity contribution is -0.137. The van der Waals surface area contributed by atoms with Crippen LogP contribution in [0.15, 0.2) is 35.8 Å². The lowest BCUT2D eigenvalue weighted by Crippen LogP contribution is -2.26. The fourth-order valence-corrected chi connectivity index (χ4v) is 4.54. The average molecular weight is 483 g/mol. The fraction of sp³-hybridized carbons (Fsp3) is 0.348. The van der Waals surface area contributed by atoms with Crippen molar-refractivity contribution < 1.29 is 26.3 Å². The minimum Gasteiger partial charge on any atom is -0.355 e. The van der Waals surface area contributed by atoms with E-state index in [-0.39, 0.29) is 17.3 Å². The first-order valence-electron chi connectivity index (χ1n) is 10.5. The van der Waals surface area contributed by atoms with E-state index in [4.69, 9.17) is 0 Å². The van der Waals surface area contributed by atoms with E-state index >= 15 is 0 Å². The topological polar surface area (TPSA) is 46.3 Å². The molecule has 4 rings (SSSR count). The summed E-state index contributed by atoms with van der Waals surface area (Å²) in [6, 6.07) is 3.72. The Bertz CT molecular complexity index is 1350. The number of hydrogen-bond donors (Lipinski definition) is 2. The van der Waals surface area contributed by atoms with Gasteiger partial charge in [-0.2, -0.15) is 13.2 Å². The lowest BCUT2D eigenvalue weighted by Gasteiger charge is -2.17. The molecule has 0 spiro atoms. The van der Waals surface area contributed by atoms with Gasteiger partial charge in [0.05, 0.1) is 23.1 Å². The second kappa shape index (κ2) is 8.53. The standard InChI is InChI=1S/C23H23F6N5/c1-11(13-5-14(23(27,28)29)7-15(24)6-13)32-17-8-18-21(20-12(2)31-9-16(17)20)33(4)22(30-3)34(18)10-19(25)26/h5-8,12,19,31-32H,1,9-10H2,2-4H3. The second-order valence-corrected chi connectivity index (χ2v) is 8.20. The van der Waals surface area contributed by atoms with E-state index in [1.54, 1.807) is 17.7 Å². The number of nitrogens with zero attached hydrogens (tertiary/aromatic N) is 3. The molecular formula is C23H23F6N5. The molecule has 3 aromatic rings. The van der Waals surface area contributed by atoms with Crippen molar-refractivity contribution in [3.05, 3.63) is 64.5 Å². The van der Waals surface area contributed by atoms with Crippen LogP contribution in [0.5, 0.6) is 0 Å². The summed E-state index contributed by atoms with van der Waals surface area (Å²) in [4.78, 5) is 4.18. The molecular weight excluding hydrogens is 460 g/mol. The van der Waals surface area contributed by atoms with Crippen LogP contribution in [0.3, 0.4) is 0 Å². The summed E-state index contributed by atoms with van der Waals surface area (Å²) < 4.78 is 83.3. The van der Waals surface area contributed by atoms with Gasteiger partial charge in [0, 0.05) is 49.2 Å². The maximum Gasteiger partial charge on any atom is 0.416 e. The summed E-state index contributed by atoms with van der Waals surface area (Å²) in [7, 11) is 3.26. The molecule has 0 radical (unpaired) electrons. The van der Waals surface area contributed by atoms with Crippen LogP contribution in [0.1, 0.15) is 35.2 Å². The molecule has 0 amide bonds. The molecule has 0 aliphatic carbocycles. The highest BCUT2D eigenvalue weighted by atomic mass is 19.4. The lowest BCUT2D eigenvalue weighted by atomic mass is 10.0. The second-order valence-electron chi connectivity index (χ2n) is 8.20. The first-order valence-corrected chi connectivity index (χ1v) is 10.5. The number of fused-ring (bicyclic) bond motifs is 3. The third-order valence-corrected chi connectivity index (χ3v) is 5.99. The van der Waals surface area contributed by atoms with Crippen LogP contribution in [0.25, 0.3) is 16.7 Å². The molecule has 2 N–H and O–H groups in total. The van der Waals surface area contributed by atoms with Gasteiger partial charge < -0.3 is 19.8 Å². The number of rotatable bonds is 5. The van der Waals surface area contributed by atoms with Crippen molar-refractivity contribution >= 4 is 22.4 Å². The Kier molecular flexibility index (Phi) is 6.01. The third-order valence-electron chi connectivity index (χ3n) is 5.99. The largest absolute Gasteiger partial charge is 0.416 e. The number of aromatic nitrogens is 2. The molecule has 1 aliphatic rings. The van der Waals surface area contributed by atoms with Crippen LogP contribution in [0.2, 0.25) is 0 Å². The Hall–Kier alpha value is -3.21. The molecule has 1 atom stereocenters. The molecule has 5 nitrogen and oxygen atoms in total. The van der Waals surface area contributed by atoms with Crippen LogP contribution in [-0.2, 0) is 26.3 Å². The van der Waals surface area contributed by atoms with E-state index in [1.165, 1.54) is 11.6 Å². The molecule has 0 saturated carbocycles. The van der Waals surface area contributed by atoms with Gasteiger partial charge in [0.15, 0.2) is 0 Å². The predicted molar refractivity (Wildman–Crippen MR) is 118 cm³/mol. The van der Waals surface area contributed by atoms with Crippen molar-refractivity contribution in [2.45, 2.75) is 38.7 Å². The van der Waals surface area contributed by atoms with Gasteiger partial charge in [-0.15, -0.1) is 0 Å². The Morgan fingerprint density at radius 3 is 2.59 bits per heavy atom. The van der Waals surface area contributed by atoms with Gasteiger partial charge >= 0.3 is 6.18 Å². The van der Waals surface area contributed by atoms with E-state index in [1.807, 2.05) is 6.92 Å². The van der Waals surface area contributed by atoms with Gasteiger partial charge in [0.1, 0.15) is 5.82 Å². The number of anilines is 1. The van der Waals surface area contributed by atoms with Crippen molar-refractivity contribution in [2.24, 2.45) is 12.0 Å². The zero-order chi connectivity index (χ0) is 24.9. The van der Waals surface area contributed by atoms with Gasteiger partial charge in [0.2, 0.25) is 5.62 Å². The van der Waals surface area contributed by atoms with Gasteiger partial charge in [-0.1, -0.05) is 6.58 Å². The summed E-state index contributed by atoms with van der Waals surface area (Å²) in [6.07, 6.45) is -7.35. The molecule has 1 aliphatic heterocycles. The molecule has 11 heteroatoms. The third kappa shape index (κ3) is 4.08. The number of hydrogen-bond acceptors (Lipinski definition) is 3. The number of aryl methyl sites for hydroxylation is 1. The summed E-state index contributed by atoms with van der Waals surface area (Å²) >= 11 is 0. The first-order chi connectivity index (χ1) is 15.9. The van der Waals surface area contributed by atoms with Crippen LogP contribution < -0.4 is 16.3 Å². The van der Waals surface area contributed by atoms with Crippen LogP contribution in [0.4, 0.5) is 32.0 Å².